The van der Waals surface area contributed by atoms with Crippen molar-refractivity contribution in [1.82, 2.24) is 4.90 Å². The summed E-state index contributed by atoms with van der Waals surface area (Å²) in [6.45, 7) is 3.50. The number of carboxylic acids is 2. The van der Waals surface area contributed by atoms with Gasteiger partial charge in [0, 0.05) is 18.7 Å². The number of carbonyl (C=O) groups excluding carboxylic acids is 1. The van der Waals surface area contributed by atoms with Crippen LogP contribution in [0, 0.1) is 24.7 Å². The van der Waals surface area contributed by atoms with Crippen molar-refractivity contribution in [3.63, 3.8) is 0 Å². The number of ether oxygens (including phenoxy) is 1. The highest BCUT2D eigenvalue weighted by molar-refractivity contribution is 6.00. The maximum atomic E-state index is 12.7. The first kappa shape index (κ1) is 16.3. The molecule has 1 saturated heterocycles. The van der Waals surface area contributed by atoms with Crippen LogP contribution in [0.3, 0.4) is 0 Å². The average Bonchev–Trinajstić information content (AvgIpc) is 3.05. The molecule has 128 valence electrons. The minimum Gasteiger partial charge on any atom is -0.496 e. The topological polar surface area (TPSA) is 104 Å². The predicted molar refractivity (Wildman–Crippen MR) is 83.1 cm³/mol. The molecule has 3 rings (SSSR count). The lowest BCUT2D eigenvalue weighted by atomic mass is 9.97. The summed E-state index contributed by atoms with van der Waals surface area (Å²) >= 11 is 0. The summed E-state index contributed by atoms with van der Waals surface area (Å²) in [4.78, 5) is 37.2. The van der Waals surface area contributed by atoms with E-state index in [2.05, 4.69) is 0 Å². The summed E-state index contributed by atoms with van der Waals surface area (Å²) in [5, 5.41) is 18.9. The van der Waals surface area contributed by atoms with E-state index in [0.29, 0.717) is 11.3 Å². The molecular formula is C17H19NO6. The summed E-state index contributed by atoms with van der Waals surface area (Å²) < 4.78 is 5.27. The summed E-state index contributed by atoms with van der Waals surface area (Å²) in [6, 6.07) is 3.36. The van der Waals surface area contributed by atoms with Crippen LogP contribution in [0.4, 0.5) is 0 Å². The van der Waals surface area contributed by atoms with E-state index in [1.807, 2.05) is 13.8 Å². The van der Waals surface area contributed by atoms with Crippen molar-refractivity contribution in [3.05, 3.63) is 28.8 Å². The number of aliphatic carboxylic acids is 2. The lowest BCUT2D eigenvalue weighted by Crippen LogP contribution is -2.34. The molecule has 1 amide bonds. The van der Waals surface area contributed by atoms with E-state index in [9.17, 15) is 24.6 Å². The Morgan fingerprint density at radius 3 is 1.88 bits per heavy atom. The zero-order valence-corrected chi connectivity index (χ0v) is 13.8. The summed E-state index contributed by atoms with van der Waals surface area (Å²) in [5.41, 5.74) is -0.707. The molecule has 0 spiro atoms. The molecule has 24 heavy (non-hydrogen) atoms. The van der Waals surface area contributed by atoms with E-state index in [-0.39, 0.29) is 25.4 Å². The van der Waals surface area contributed by atoms with Crippen molar-refractivity contribution in [2.45, 2.75) is 20.3 Å². The summed E-state index contributed by atoms with van der Waals surface area (Å²) in [7, 11) is 1.55. The van der Waals surface area contributed by atoms with Crippen LogP contribution in [-0.4, -0.2) is 53.2 Å². The molecule has 7 nitrogen and oxygen atoms in total. The van der Waals surface area contributed by atoms with Crippen molar-refractivity contribution < 1.29 is 29.3 Å². The minimum absolute atomic E-state index is 0.0718. The number of amides is 1. The molecule has 1 aromatic carbocycles. The molecule has 1 aliphatic carbocycles. The van der Waals surface area contributed by atoms with Crippen molar-refractivity contribution in [1.29, 1.82) is 0 Å². The van der Waals surface area contributed by atoms with Crippen LogP contribution in [0.1, 0.15) is 27.9 Å². The van der Waals surface area contributed by atoms with Crippen LogP contribution in [0.15, 0.2) is 12.1 Å². The molecule has 7 heteroatoms. The number of carboxylic acid groups (broad SMARTS) is 2. The number of hydrogen-bond acceptors (Lipinski definition) is 4. The second-order valence-electron chi connectivity index (χ2n) is 6.76. The number of rotatable bonds is 4. The van der Waals surface area contributed by atoms with Crippen molar-refractivity contribution in [2.75, 3.05) is 20.2 Å². The smallest absolute Gasteiger partial charge is 0.312 e. The van der Waals surface area contributed by atoms with Crippen molar-refractivity contribution in [2.24, 2.45) is 10.8 Å². The zero-order chi connectivity index (χ0) is 17.9. The Kier molecular flexibility index (Phi) is 3.37. The van der Waals surface area contributed by atoms with Crippen LogP contribution >= 0.6 is 0 Å². The highest BCUT2D eigenvalue weighted by Crippen LogP contribution is 2.68. The zero-order valence-electron chi connectivity index (χ0n) is 13.8. The van der Waals surface area contributed by atoms with Gasteiger partial charge in [0.2, 0.25) is 0 Å². The van der Waals surface area contributed by atoms with Crippen LogP contribution in [-0.2, 0) is 9.59 Å². The third-order valence-electron chi connectivity index (χ3n) is 5.33. The highest BCUT2D eigenvalue weighted by Gasteiger charge is 2.81. The van der Waals surface area contributed by atoms with Gasteiger partial charge in [-0.15, -0.1) is 0 Å². The van der Waals surface area contributed by atoms with Crippen molar-refractivity contribution in [3.8, 4) is 5.75 Å². The number of carbonyl (C=O) groups is 3. The van der Waals surface area contributed by atoms with Crippen LogP contribution in [0.25, 0.3) is 0 Å². The average molecular weight is 333 g/mol. The predicted octanol–water partition coefficient (Wildman–Crippen LogP) is 1.31. The van der Waals surface area contributed by atoms with E-state index < -0.39 is 22.8 Å². The molecule has 1 aromatic rings. The first-order valence-electron chi connectivity index (χ1n) is 7.60. The summed E-state index contributed by atoms with van der Waals surface area (Å²) in [5.74, 6) is -1.96. The molecule has 2 aliphatic rings. The molecule has 0 unspecified atom stereocenters. The van der Waals surface area contributed by atoms with Gasteiger partial charge in [-0.3, -0.25) is 14.4 Å². The third-order valence-corrected chi connectivity index (χ3v) is 5.33. The fourth-order valence-corrected chi connectivity index (χ4v) is 4.01. The quantitative estimate of drug-likeness (QED) is 0.861. The van der Waals surface area contributed by atoms with Crippen LogP contribution in [0.5, 0.6) is 5.75 Å². The monoisotopic (exact) mass is 333 g/mol. The van der Waals surface area contributed by atoms with Gasteiger partial charge in [0.25, 0.3) is 5.91 Å². The molecule has 0 bridgehead atoms. The number of likely N-dealkylation sites (tertiary alicyclic amines) is 1. The molecule has 1 saturated carbocycles. The summed E-state index contributed by atoms with van der Waals surface area (Å²) in [6.07, 6.45) is 0.0785. The number of nitrogens with zero attached hydrogens (tertiary/aromatic N) is 1. The Morgan fingerprint density at radius 1 is 1.04 bits per heavy atom. The molecule has 2 fully saturated rings. The van der Waals surface area contributed by atoms with Crippen LogP contribution in [0.2, 0.25) is 0 Å². The molecule has 2 atom stereocenters. The molecule has 0 radical (unpaired) electrons. The molecule has 2 N–H and O–H groups in total. The van der Waals surface area contributed by atoms with Gasteiger partial charge < -0.3 is 19.8 Å². The minimum atomic E-state index is -1.36. The molecule has 0 aromatic heterocycles. The maximum absolute atomic E-state index is 12.7. The van der Waals surface area contributed by atoms with E-state index in [1.54, 1.807) is 19.2 Å². The highest BCUT2D eigenvalue weighted by atomic mass is 16.5. The lowest BCUT2D eigenvalue weighted by Gasteiger charge is -2.21. The Bertz CT molecular complexity index is 721. The van der Waals surface area contributed by atoms with Crippen molar-refractivity contribution >= 4 is 17.8 Å². The SMILES string of the molecule is COc1c(C)cc(C(=O)N2C[C@@]3(C(=O)O)C[C@@]3(C(=O)O)C2)cc1C. The fraction of sp³-hybridized carbons (Fsp3) is 0.471. The first-order chi connectivity index (χ1) is 11.2. The number of benzene rings is 1. The van der Waals surface area contributed by atoms with Gasteiger partial charge in [0.1, 0.15) is 16.6 Å². The number of methoxy groups -OCH3 is 1. The standard InChI is InChI=1S/C17H19NO6/c1-9-4-11(5-10(2)12(9)24-3)13(19)18-7-16(14(20)21)6-17(16,8-18)15(22)23/h4-5H,6-8H2,1-3H3,(H,20,21)(H,22,23)/t16-,17+. The lowest BCUT2D eigenvalue weighted by molar-refractivity contribution is -0.151. The Labute approximate surface area is 138 Å². The Morgan fingerprint density at radius 2 is 1.50 bits per heavy atom. The molecule has 1 heterocycles. The number of hydrogen-bond donors (Lipinski definition) is 2. The second kappa shape index (κ2) is 4.96. The van der Waals surface area contributed by atoms with Gasteiger partial charge in [0.15, 0.2) is 0 Å². The number of piperidine rings is 1. The van der Waals surface area contributed by atoms with E-state index >= 15 is 0 Å². The van der Waals surface area contributed by atoms with Gasteiger partial charge in [-0.05, 0) is 43.5 Å². The molecular weight excluding hydrogens is 314 g/mol. The third kappa shape index (κ3) is 1.93. The van der Waals surface area contributed by atoms with Gasteiger partial charge in [0.05, 0.1) is 7.11 Å². The normalized spacial score (nSPS) is 27.5. The van der Waals surface area contributed by atoms with E-state index in [4.69, 9.17) is 4.74 Å². The number of fused-ring (bicyclic) bond motifs is 1. The van der Waals surface area contributed by atoms with E-state index in [1.165, 1.54) is 4.90 Å². The van der Waals surface area contributed by atoms with Gasteiger partial charge >= 0.3 is 11.9 Å². The Hall–Kier alpha value is -2.57. The second-order valence-corrected chi connectivity index (χ2v) is 6.76. The largest absolute Gasteiger partial charge is 0.496 e. The fourth-order valence-electron chi connectivity index (χ4n) is 4.01. The maximum Gasteiger partial charge on any atom is 0.312 e. The van der Waals surface area contributed by atoms with Gasteiger partial charge in [-0.25, -0.2) is 0 Å². The van der Waals surface area contributed by atoms with Gasteiger partial charge in [-0.1, -0.05) is 0 Å². The molecule has 1 aliphatic heterocycles. The van der Waals surface area contributed by atoms with E-state index in [0.717, 1.165) is 11.1 Å². The number of aryl methyl sites for hydroxylation is 2. The van der Waals surface area contributed by atoms with Gasteiger partial charge in [-0.2, -0.15) is 0 Å². The first-order valence-corrected chi connectivity index (χ1v) is 7.60. The van der Waals surface area contributed by atoms with Crippen LogP contribution < -0.4 is 4.74 Å². The Balaban J connectivity index is 1.91.